The second kappa shape index (κ2) is 10.5. The zero-order valence-corrected chi connectivity index (χ0v) is 16.9. The number of nitro benzene ring substituents is 1. The number of nitro groups is 1. The summed E-state index contributed by atoms with van der Waals surface area (Å²) >= 11 is 5.15. The minimum Gasteiger partial charge on any atom is -0.489 e. The first kappa shape index (κ1) is 21.5. The first-order valence-corrected chi connectivity index (χ1v) is 9.84. The molecule has 0 aromatic heterocycles. The zero-order chi connectivity index (χ0) is 21.3. The lowest BCUT2D eigenvalue weighted by Gasteiger charge is -2.14. The lowest BCUT2D eigenvalue weighted by atomic mass is 10.1. The van der Waals surface area contributed by atoms with Gasteiger partial charge in [0.25, 0.3) is 11.6 Å². The fraction of sp³-hybridized carbons (Fsp3) is 0.300. The molecular formula is C20H22N4O5S. The maximum absolute atomic E-state index is 12.3. The maximum atomic E-state index is 12.3. The number of hydrogen-bond acceptors (Lipinski definition) is 6. The molecule has 1 saturated heterocycles. The van der Waals surface area contributed by atoms with Crippen molar-refractivity contribution in [1.29, 1.82) is 0 Å². The summed E-state index contributed by atoms with van der Waals surface area (Å²) < 4.78 is 11.1. The highest BCUT2D eigenvalue weighted by Crippen LogP contribution is 2.18. The van der Waals surface area contributed by atoms with Crippen LogP contribution in [-0.2, 0) is 11.3 Å². The Bertz CT molecular complexity index is 900. The third-order valence-corrected chi connectivity index (χ3v) is 4.69. The van der Waals surface area contributed by atoms with Gasteiger partial charge < -0.3 is 14.8 Å². The van der Waals surface area contributed by atoms with Crippen molar-refractivity contribution in [1.82, 2.24) is 16.2 Å². The fourth-order valence-electron chi connectivity index (χ4n) is 2.87. The molecule has 1 amide bonds. The minimum absolute atomic E-state index is 0.00306. The molecule has 0 aliphatic carbocycles. The number of hydrogen-bond donors (Lipinski definition) is 3. The van der Waals surface area contributed by atoms with E-state index in [1.807, 2.05) is 6.07 Å². The Labute approximate surface area is 178 Å². The molecule has 9 nitrogen and oxygen atoms in total. The number of amides is 1. The number of benzene rings is 2. The molecular weight excluding hydrogens is 408 g/mol. The van der Waals surface area contributed by atoms with Gasteiger partial charge in [0.05, 0.1) is 11.0 Å². The van der Waals surface area contributed by atoms with Crippen LogP contribution in [0.4, 0.5) is 5.69 Å². The third kappa shape index (κ3) is 6.39. The molecule has 3 N–H and O–H groups in total. The van der Waals surface area contributed by atoms with Gasteiger partial charge in [-0.25, -0.2) is 0 Å². The van der Waals surface area contributed by atoms with Crippen molar-refractivity contribution in [3.63, 3.8) is 0 Å². The van der Waals surface area contributed by atoms with Gasteiger partial charge in [-0.3, -0.25) is 25.8 Å². The summed E-state index contributed by atoms with van der Waals surface area (Å²) in [5.41, 5.74) is 6.44. The van der Waals surface area contributed by atoms with E-state index in [4.69, 9.17) is 21.7 Å². The van der Waals surface area contributed by atoms with Crippen LogP contribution in [0.2, 0.25) is 0 Å². The van der Waals surface area contributed by atoms with Crippen LogP contribution >= 0.6 is 12.2 Å². The van der Waals surface area contributed by atoms with E-state index in [-0.39, 0.29) is 24.3 Å². The van der Waals surface area contributed by atoms with E-state index in [9.17, 15) is 14.9 Å². The monoisotopic (exact) mass is 430 g/mol. The van der Waals surface area contributed by atoms with Gasteiger partial charge in [0.2, 0.25) is 0 Å². The van der Waals surface area contributed by atoms with Crippen molar-refractivity contribution in [2.24, 2.45) is 0 Å². The summed E-state index contributed by atoms with van der Waals surface area (Å²) in [6.07, 6.45) is 2.19. The van der Waals surface area contributed by atoms with E-state index in [2.05, 4.69) is 16.2 Å². The van der Waals surface area contributed by atoms with Gasteiger partial charge in [0.1, 0.15) is 12.4 Å². The van der Waals surface area contributed by atoms with Gasteiger partial charge in [0.15, 0.2) is 5.11 Å². The minimum atomic E-state index is -0.469. The lowest BCUT2D eigenvalue weighted by molar-refractivity contribution is -0.384. The van der Waals surface area contributed by atoms with Crippen molar-refractivity contribution in [3.05, 3.63) is 69.8 Å². The Morgan fingerprint density at radius 1 is 1.23 bits per heavy atom. The van der Waals surface area contributed by atoms with Gasteiger partial charge in [-0.2, -0.15) is 0 Å². The molecule has 10 heteroatoms. The molecule has 1 heterocycles. The van der Waals surface area contributed by atoms with Gasteiger partial charge in [-0.15, -0.1) is 0 Å². The Hall–Kier alpha value is -3.24. The molecule has 1 aliphatic rings. The number of hydrazine groups is 1. The Kier molecular flexibility index (Phi) is 7.52. The molecule has 0 radical (unpaired) electrons. The number of nitrogens with one attached hydrogen (secondary N) is 3. The molecule has 0 bridgehead atoms. The molecule has 1 fully saturated rings. The maximum Gasteiger partial charge on any atom is 0.269 e. The van der Waals surface area contributed by atoms with E-state index in [0.29, 0.717) is 23.0 Å². The van der Waals surface area contributed by atoms with Crippen LogP contribution in [0.3, 0.4) is 0 Å². The quantitative estimate of drug-likeness (QED) is 0.349. The van der Waals surface area contributed by atoms with E-state index in [1.54, 1.807) is 18.2 Å². The van der Waals surface area contributed by atoms with Crippen LogP contribution in [0.15, 0.2) is 48.5 Å². The van der Waals surface area contributed by atoms with E-state index >= 15 is 0 Å². The number of non-ortho nitro benzene ring substituents is 1. The number of rotatable bonds is 7. The Morgan fingerprint density at radius 2 is 2.03 bits per heavy atom. The zero-order valence-electron chi connectivity index (χ0n) is 16.1. The van der Waals surface area contributed by atoms with Gasteiger partial charge in [-0.05, 0) is 54.9 Å². The highest BCUT2D eigenvalue weighted by atomic mass is 32.1. The molecule has 2 aromatic rings. The largest absolute Gasteiger partial charge is 0.489 e. The number of carbonyl (C=O) groups is 1. The number of nitrogens with zero attached hydrogens (tertiary/aromatic N) is 1. The second-order valence-corrected chi connectivity index (χ2v) is 7.07. The fourth-order valence-corrected chi connectivity index (χ4v) is 3.01. The van der Waals surface area contributed by atoms with Crippen LogP contribution < -0.4 is 20.9 Å². The normalized spacial score (nSPS) is 15.3. The smallest absolute Gasteiger partial charge is 0.269 e. The molecule has 0 saturated carbocycles. The number of ether oxygens (including phenoxy) is 2. The van der Waals surface area contributed by atoms with Crippen LogP contribution in [0, 0.1) is 10.1 Å². The summed E-state index contributed by atoms with van der Waals surface area (Å²) in [6, 6.07) is 12.8. The second-order valence-electron chi connectivity index (χ2n) is 6.66. The molecule has 2 aromatic carbocycles. The van der Waals surface area contributed by atoms with Gasteiger partial charge in [-0.1, -0.05) is 12.1 Å². The average Bonchev–Trinajstić information content (AvgIpc) is 3.29. The number of carbonyl (C=O) groups excluding carboxylic acids is 1. The number of thiocarbonyl (C=S) groups is 1. The lowest BCUT2D eigenvalue weighted by Crippen LogP contribution is -2.48. The third-order valence-electron chi connectivity index (χ3n) is 4.45. The summed E-state index contributed by atoms with van der Waals surface area (Å²) in [5, 5.41) is 14.0. The van der Waals surface area contributed by atoms with Gasteiger partial charge in [0, 0.05) is 30.8 Å². The summed E-state index contributed by atoms with van der Waals surface area (Å²) in [6.45, 7) is 1.58. The van der Waals surface area contributed by atoms with Crippen molar-refractivity contribution in [2.75, 3.05) is 13.2 Å². The van der Waals surface area contributed by atoms with Crippen molar-refractivity contribution < 1.29 is 19.2 Å². The molecule has 158 valence electrons. The molecule has 0 spiro atoms. The molecule has 30 heavy (non-hydrogen) atoms. The summed E-state index contributed by atoms with van der Waals surface area (Å²) in [4.78, 5) is 22.6. The van der Waals surface area contributed by atoms with Crippen LogP contribution in [-0.4, -0.2) is 35.2 Å². The van der Waals surface area contributed by atoms with Crippen molar-refractivity contribution in [3.8, 4) is 5.75 Å². The topological polar surface area (TPSA) is 115 Å². The standard InChI is InChI=1S/C20H22N4O5S/c25-19(22-23-20(30)21-12-18-5-2-10-28-18)15-4-1-3-14(11-15)13-29-17-8-6-16(7-9-17)24(26)27/h1,3-4,6-9,11,18H,2,5,10,12-13H2,(H,22,25)(H2,21,23,30). The van der Waals surface area contributed by atoms with Crippen molar-refractivity contribution in [2.45, 2.75) is 25.6 Å². The molecule has 1 unspecified atom stereocenters. The van der Waals surface area contributed by atoms with Gasteiger partial charge >= 0.3 is 0 Å². The SMILES string of the molecule is O=C(NNC(=S)NCC1CCCO1)c1cccc(COc2ccc([N+](=O)[O-])cc2)c1. The Balaban J connectivity index is 1.45. The molecule has 1 aliphatic heterocycles. The van der Waals surface area contributed by atoms with E-state index < -0.39 is 4.92 Å². The molecule has 3 rings (SSSR count). The highest BCUT2D eigenvalue weighted by Gasteiger charge is 2.15. The predicted molar refractivity (Wildman–Crippen MR) is 114 cm³/mol. The van der Waals surface area contributed by atoms with Crippen LogP contribution in [0.5, 0.6) is 5.75 Å². The molecule has 1 atom stereocenters. The van der Waals surface area contributed by atoms with Crippen LogP contribution in [0.1, 0.15) is 28.8 Å². The first-order valence-electron chi connectivity index (χ1n) is 9.43. The van der Waals surface area contributed by atoms with E-state index in [0.717, 1.165) is 25.0 Å². The predicted octanol–water partition coefficient (Wildman–Crippen LogP) is 2.46. The Morgan fingerprint density at radius 3 is 2.73 bits per heavy atom. The first-order chi connectivity index (χ1) is 14.5. The van der Waals surface area contributed by atoms with Crippen LogP contribution in [0.25, 0.3) is 0 Å². The van der Waals surface area contributed by atoms with Crippen molar-refractivity contribution >= 4 is 28.9 Å². The average molecular weight is 430 g/mol. The summed E-state index contributed by atoms with van der Waals surface area (Å²) in [7, 11) is 0. The highest BCUT2D eigenvalue weighted by molar-refractivity contribution is 7.80. The summed E-state index contributed by atoms with van der Waals surface area (Å²) in [5.74, 6) is 0.160. The van der Waals surface area contributed by atoms with E-state index in [1.165, 1.54) is 24.3 Å².